The van der Waals surface area contributed by atoms with Crippen LogP contribution < -0.4 is 0 Å². The van der Waals surface area contributed by atoms with Gasteiger partial charge in [-0.15, -0.1) is 0 Å². The van der Waals surface area contributed by atoms with E-state index in [1.807, 2.05) is 6.08 Å². The Hall–Kier alpha value is -1.20. The standard InChI is InChI=1S/C8H11.C7H5F3O3S.C3H5.Pd/c1-2-4-6-8-7-5-3-1;8-7(9,10)5-1-3-6(4-2-5)14(11,12)13;1-3-2;/h1-2,7H,3-6H2;1-4H,(H,11,12,13);3H,1-2H2;/q;;;+1/p-1. The molecule has 0 saturated carbocycles. The van der Waals surface area contributed by atoms with Crippen molar-refractivity contribution in [3.05, 3.63) is 64.8 Å². The first kappa shape index (κ1) is 21.1. The zero-order valence-electron chi connectivity index (χ0n) is 13.9. The van der Waals surface area contributed by atoms with E-state index in [0.717, 1.165) is 47.6 Å². The van der Waals surface area contributed by atoms with Crippen LogP contribution in [-0.4, -0.2) is 8.42 Å². The summed E-state index contributed by atoms with van der Waals surface area (Å²) in [6, 6.07) is 3.36. The first-order valence-electron chi connectivity index (χ1n) is 7.87. The number of halogens is 3. The summed E-state index contributed by atoms with van der Waals surface area (Å²) in [5.41, 5.74) is -0.899. The number of benzene rings is 1. The maximum absolute atomic E-state index is 12.6. The van der Waals surface area contributed by atoms with E-state index < -0.39 is 39.0 Å². The van der Waals surface area contributed by atoms with E-state index in [2.05, 4.69) is 18.7 Å². The molecule has 0 N–H and O–H groups in total. The van der Waals surface area contributed by atoms with E-state index >= 15 is 0 Å². The van der Waals surface area contributed by atoms with Crippen LogP contribution in [-0.2, 0) is 36.3 Å². The minimum absolute atomic E-state index is 0.271. The second-order valence-electron chi connectivity index (χ2n) is 5.41. The first-order chi connectivity index (χ1) is 12.2. The van der Waals surface area contributed by atoms with Crippen molar-refractivity contribution in [2.24, 2.45) is 0 Å². The van der Waals surface area contributed by atoms with Crippen molar-refractivity contribution in [2.45, 2.75) is 41.6 Å². The van der Waals surface area contributed by atoms with Gasteiger partial charge in [-0.25, -0.2) is 0 Å². The van der Waals surface area contributed by atoms with Crippen LogP contribution in [0.5, 0.6) is 0 Å². The van der Waals surface area contributed by atoms with Gasteiger partial charge in [0.1, 0.15) is 0 Å². The number of hydrogen-bond acceptors (Lipinski definition) is 3. The normalized spacial score (nSPS) is 16.4. The Bertz CT molecular complexity index is 781. The Morgan fingerprint density at radius 3 is 2.38 bits per heavy atom. The predicted molar refractivity (Wildman–Crippen MR) is 90.4 cm³/mol. The van der Waals surface area contributed by atoms with Crippen molar-refractivity contribution in [3.63, 3.8) is 0 Å². The summed E-state index contributed by atoms with van der Waals surface area (Å²) >= 11 is -2.05. The summed E-state index contributed by atoms with van der Waals surface area (Å²) in [5.74, 6) is 0. The minimum atomic E-state index is -4.51. The molecule has 26 heavy (non-hydrogen) atoms. The molecule has 0 atom stereocenters. The van der Waals surface area contributed by atoms with Gasteiger partial charge in [-0.05, 0) is 0 Å². The molecule has 0 heterocycles. The molecule has 0 unspecified atom stereocenters. The summed E-state index contributed by atoms with van der Waals surface area (Å²) in [5, 5.41) is 0. The van der Waals surface area contributed by atoms with Crippen molar-refractivity contribution < 1.29 is 41.6 Å². The number of rotatable bonds is 6. The van der Waals surface area contributed by atoms with Crippen molar-refractivity contribution in [2.75, 3.05) is 0 Å². The second kappa shape index (κ2) is 9.14. The Labute approximate surface area is 158 Å². The molecule has 0 saturated heterocycles. The molecule has 1 aromatic rings. The Kier molecular flexibility index (Phi) is 7.42. The van der Waals surface area contributed by atoms with Crippen LogP contribution >= 0.6 is 0 Å². The summed E-state index contributed by atoms with van der Waals surface area (Å²) in [6.45, 7) is 3.67. The van der Waals surface area contributed by atoms with E-state index in [1.54, 1.807) is 6.08 Å². The fourth-order valence-electron chi connectivity index (χ4n) is 2.18. The van der Waals surface area contributed by atoms with Crippen molar-refractivity contribution in [1.82, 2.24) is 0 Å². The molecule has 0 aromatic heterocycles. The van der Waals surface area contributed by atoms with Gasteiger partial charge in [0.05, 0.1) is 0 Å². The van der Waals surface area contributed by atoms with E-state index in [9.17, 15) is 21.6 Å². The average molecular weight is 480 g/mol. The quantitative estimate of drug-likeness (QED) is 0.396. The van der Waals surface area contributed by atoms with Gasteiger partial charge < -0.3 is 0 Å². The maximum atomic E-state index is 12.6. The number of allylic oxidation sites excluding steroid dienone is 5. The first-order valence-corrected chi connectivity index (χ1v) is 11.8. The monoisotopic (exact) mass is 479 g/mol. The van der Waals surface area contributed by atoms with Gasteiger partial charge in [0.25, 0.3) is 0 Å². The van der Waals surface area contributed by atoms with Crippen LogP contribution in [0.1, 0.15) is 31.2 Å². The molecule has 0 radical (unpaired) electrons. The van der Waals surface area contributed by atoms with Crippen molar-refractivity contribution >= 4 is 10.1 Å². The molecule has 0 bridgehead atoms. The summed E-state index contributed by atoms with van der Waals surface area (Å²) in [6.07, 6.45) is 6.51. The molecule has 1 aliphatic rings. The van der Waals surface area contributed by atoms with Crippen molar-refractivity contribution in [1.29, 1.82) is 0 Å². The molecular weight excluding hydrogens is 460 g/mol. The van der Waals surface area contributed by atoms with Gasteiger partial charge in [-0.3, -0.25) is 0 Å². The van der Waals surface area contributed by atoms with Gasteiger partial charge in [0.2, 0.25) is 0 Å². The van der Waals surface area contributed by atoms with Gasteiger partial charge in [-0.1, -0.05) is 0 Å². The van der Waals surface area contributed by atoms with Crippen LogP contribution in [0, 0.1) is 0 Å². The third-order valence-electron chi connectivity index (χ3n) is 3.43. The molecule has 0 spiro atoms. The fraction of sp³-hybridized carbons (Fsp3) is 0.333. The summed E-state index contributed by atoms with van der Waals surface area (Å²) < 4.78 is 69.4. The molecule has 3 nitrogen and oxygen atoms in total. The molecule has 1 aliphatic carbocycles. The molecule has 8 heteroatoms. The summed E-state index contributed by atoms with van der Waals surface area (Å²) in [4.78, 5) is 0.147. The SMILES string of the molecule is C=C[CH2][Pd]([O]S(=O)(=O)c1ccc(C(F)(F)F)cc1)[C]1=CCCC=CCC1. The zero-order chi connectivity index (χ0) is 19.2. The second-order valence-corrected chi connectivity index (χ2v) is 10.6. The summed E-state index contributed by atoms with van der Waals surface area (Å²) in [7, 11) is -4.14. The van der Waals surface area contributed by atoms with E-state index in [4.69, 9.17) is 2.91 Å². The average Bonchev–Trinajstić information content (AvgIpc) is 2.53. The number of alkyl halides is 3. The third-order valence-corrected chi connectivity index (χ3v) is 9.35. The van der Waals surface area contributed by atoms with Crippen LogP contribution in [0.3, 0.4) is 0 Å². The predicted octanol–water partition coefficient (Wildman–Crippen LogP) is 5.56. The van der Waals surface area contributed by atoms with Crippen LogP contribution in [0.15, 0.2) is 64.1 Å². The van der Waals surface area contributed by atoms with Crippen LogP contribution in [0.2, 0.25) is 4.89 Å². The molecule has 0 aliphatic heterocycles. The molecular formula is C18H20F3O3PdS. The van der Waals surface area contributed by atoms with Crippen molar-refractivity contribution in [3.8, 4) is 0 Å². The zero-order valence-corrected chi connectivity index (χ0v) is 16.3. The molecule has 1 aromatic carbocycles. The molecule has 2 rings (SSSR count). The topological polar surface area (TPSA) is 43.4 Å². The van der Waals surface area contributed by atoms with Gasteiger partial charge in [-0.2, -0.15) is 0 Å². The van der Waals surface area contributed by atoms with E-state index in [0.29, 0.717) is 11.3 Å². The Balaban J connectivity index is 2.22. The van der Waals surface area contributed by atoms with Gasteiger partial charge in [0, 0.05) is 0 Å². The van der Waals surface area contributed by atoms with Gasteiger partial charge >= 0.3 is 158 Å². The Morgan fingerprint density at radius 1 is 1.12 bits per heavy atom. The van der Waals surface area contributed by atoms with Crippen LogP contribution in [0.4, 0.5) is 13.2 Å². The van der Waals surface area contributed by atoms with Crippen LogP contribution in [0.25, 0.3) is 0 Å². The van der Waals surface area contributed by atoms with E-state index in [1.165, 1.54) is 0 Å². The molecule has 0 fully saturated rings. The fourth-order valence-corrected chi connectivity index (χ4v) is 7.54. The van der Waals surface area contributed by atoms with Gasteiger partial charge in [0.15, 0.2) is 0 Å². The molecule has 0 amide bonds. The Morgan fingerprint density at radius 2 is 1.77 bits per heavy atom. The van der Waals surface area contributed by atoms with E-state index in [-0.39, 0.29) is 4.90 Å². The third kappa shape index (κ3) is 5.92. The number of hydrogen-bond donors (Lipinski definition) is 0. The molecule has 147 valence electrons.